The van der Waals surface area contributed by atoms with Gasteiger partial charge in [0, 0.05) is 36.8 Å². The molecule has 8 nitrogen and oxygen atoms in total. The molecule has 0 amide bonds. The van der Waals surface area contributed by atoms with Crippen LogP contribution < -0.4 is 4.90 Å². The summed E-state index contributed by atoms with van der Waals surface area (Å²) in [5.74, 6) is 1.29. The molecule has 0 spiro atoms. The number of halogens is 1. The molecule has 32 heavy (non-hydrogen) atoms. The van der Waals surface area contributed by atoms with E-state index in [1.54, 1.807) is 4.80 Å². The van der Waals surface area contributed by atoms with Gasteiger partial charge in [0.05, 0.1) is 28.8 Å². The number of nitrogens with one attached hydrogen (secondary N) is 1. The second-order valence-electron chi connectivity index (χ2n) is 9.25. The maximum Gasteiger partial charge on any atom is 0.177 e. The van der Waals surface area contributed by atoms with Gasteiger partial charge in [0.2, 0.25) is 0 Å². The van der Waals surface area contributed by atoms with Gasteiger partial charge in [0.25, 0.3) is 0 Å². The third-order valence-corrected chi connectivity index (χ3v) is 8.55. The number of aryl methyl sites for hydroxylation is 1. The monoisotopic (exact) mass is 474 g/mol. The predicted molar refractivity (Wildman–Crippen MR) is 130 cm³/mol. The van der Waals surface area contributed by atoms with E-state index >= 15 is 0 Å². The summed E-state index contributed by atoms with van der Waals surface area (Å²) in [7, 11) is 1.82. The third kappa shape index (κ3) is 4.47. The van der Waals surface area contributed by atoms with Crippen molar-refractivity contribution in [3.8, 4) is 0 Å². The van der Waals surface area contributed by atoms with Crippen molar-refractivity contribution in [2.75, 3.05) is 37.6 Å². The highest BCUT2D eigenvalue weighted by molar-refractivity contribution is 8.00. The average Bonchev–Trinajstić information content (AvgIpc) is 3.38. The number of benzene rings is 1. The van der Waals surface area contributed by atoms with E-state index in [4.69, 9.17) is 16.6 Å². The SMILES string of the molecule is CCN1CCN(c2cc3nc(SC4(C)CCC(c5nnn(C)n5)CC4)[nH]c3cc2Cl)CC1. The van der Waals surface area contributed by atoms with E-state index in [9.17, 15) is 0 Å². The van der Waals surface area contributed by atoms with Crippen LogP contribution >= 0.6 is 23.4 Å². The lowest BCUT2D eigenvalue weighted by Crippen LogP contribution is -2.46. The number of tetrazole rings is 1. The number of likely N-dealkylation sites (N-methyl/N-ethyl adjacent to an activating group) is 1. The molecule has 1 aliphatic heterocycles. The van der Waals surface area contributed by atoms with Crippen LogP contribution in [0.15, 0.2) is 17.3 Å². The number of nitrogens with zero attached hydrogens (tertiary/aromatic N) is 7. The molecular weight excluding hydrogens is 444 g/mol. The number of thioether (sulfide) groups is 1. The molecule has 0 unspecified atom stereocenters. The van der Waals surface area contributed by atoms with E-state index < -0.39 is 0 Å². The molecule has 1 saturated heterocycles. The van der Waals surface area contributed by atoms with E-state index in [1.165, 1.54) is 0 Å². The normalized spacial score (nSPS) is 25.0. The Hall–Kier alpha value is -1.84. The molecule has 1 aliphatic carbocycles. The first kappa shape index (κ1) is 22.0. The fraction of sp³-hybridized carbons (Fsp3) is 0.636. The number of aromatic amines is 1. The first-order chi connectivity index (χ1) is 15.4. The summed E-state index contributed by atoms with van der Waals surface area (Å²) in [4.78, 5) is 14.9. The molecule has 3 aromatic rings. The Morgan fingerprint density at radius 3 is 2.59 bits per heavy atom. The highest BCUT2D eigenvalue weighted by Crippen LogP contribution is 2.46. The van der Waals surface area contributed by atoms with Crippen molar-refractivity contribution in [1.29, 1.82) is 0 Å². The van der Waals surface area contributed by atoms with Crippen LogP contribution in [0.5, 0.6) is 0 Å². The molecular formula is C22H31ClN8S. The second-order valence-corrected chi connectivity index (χ2v) is 11.2. The van der Waals surface area contributed by atoms with Crippen LogP contribution in [-0.2, 0) is 7.05 Å². The summed E-state index contributed by atoms with van der Waals surface area (Å²) in [6.45, 7) is 9.84. The van der Waals surface area contributed by atoms with Crippen LogP contribution in [0.3, 0.4) is 0 Å². The van der Waals surface area contributed by atoms with E-state index in [0.29, 0.717) is 5.92 Å². The number of fused-ring (bicyclic) bond motifs is 1. The molecule has 172 valence electrons. The molecule has 2 aliphatic rings. The van der Waals surface area contributed by atoms with Crippen LogP contribution in [0, 0.1) is 0 Å². The number of imidazole rings is 1. The topological polar surface area (TPSA) is 78.8 Å². The molecule has 1 N–H and O–H groups in total. The van der Waals surface area contributed by atoms with Crippen LogP contribution in [0.2, 0.25) is 5.02 Å². The van der Waals surface area contributed by atoms with Crippen LogP contribution in [0.4, 0.5) is 5.69 Å². The van der Waals surface area contributed by atoms with Crippen LogP contribution in [0.25, 0.3) is 11.0 Å². The summed E-state index contributed by atoms with van der Waals surface area (Å²) in [5, 5.41) is 14.4. The number of H-pyrrole nitrogens is 1. The fourth-order valence-corrected chi connectivity index (χ4v) is 6.37. The number of hydrogen-bond acceptors (Lipinski definition) is 7. The summed E-state index contributed by atoms with van der Waals surface area (Å²) in [5.41, 5.74) is 3.10. The van der Waals surface area contributed by atoms with E-state index in [0.717, 1.165) is 91.1 Å². The van der Waals surface area contributed by atoms with Gasteiger partial charge in [-0.15, -0.1) is 10.2 Å². The minimum Gasteiger partial charge on any atom is -0.368 e. The quantitative estimate of drug-likeness (QED) is 0.596. The zero-order chi connectivity index (χ0) is 22.3. The Kier molecular flexibility index (Phi) is 6.07. The van der Waals surface area contributed by atoms with Crippen molar-refractivity contribution >= 4 is 40.1 Å². The lowest BCUT2D eigenvalue weighted by Gasteiger charge is -2.35. The van der Waals surface area contributed by atoms with Crippen molar-refractivity contribution in [2.24, 2.45) is 7.05 Å². The first-order valence-corrected chi connectivity index (χ1v) is 12.7. The molecule has 3 heterocycles. The van der Waals surface area contributed by atoms with Crippen LogP contribution in [0.1, 0.15) is 51.3 Å². The lowest BCUT2D eigenvalue weighted by molar-refractivity contribution is 0.271. The minimum atomic E-state index is 0.149. The maximum atomic E-state index is 6.68. The molecule has 0 atom stereocenters. The van der Waals surface area contributed by atoms with Crippen molar-refractivity contribution < 1.29 is 0 Å². The van der Waals surface area contributed by atoms with Crippen molar-refractivity contribution in [2.45, 2.75) is 55.4 Å². The average molecular weight is 475 g/mol. The van der Waals surface area contributed by atoms with Crippen molar-refractivity contribution in [3.05, 3.63) is 23.0 Å². The van der Waals surface area contributed by atoms with Gasteiger partial charge in [-0.2, -0.15) is 4.80 Å². The van der Waals surface area contributed by atoms with Crippen LogP contribution in [-0.4, -0.2) is 72.5 Å². The standard InChI is InChI=1S/C22H31ClN8S/c1-4-30-9-11-31(12-10-30)19-14-18-17(13-16(19)23)24-21(25-18)32-22(2)7-5-15(6-8-22)20-26-28-29(3)27-20/h13-15H,4-12H2,1-3H3,(H,24,25). The second kappa shape index (κ2) is 8.83. The molecule has 2 aromatic heterocycles. The Morgan fingerprint density at radius 1 is 1.19 bits per heavy atom. The third-order valence-electron chi connectivity index (χ3n) is 6.96. The van der Waals surface area contributed by atoms with Gasteiger partial charge in [0.1, 0.15) is 0 Å². The Labute approximate surface area is 198 Å². The number of rotatable bonds is 5. The van der Waals surface area contributed by atoms with Gasteiger partial charge >= 0.3 is 0 Å². The molecule has 10 heteroatoms. The summed E-state index contributed by atoms with van der Waals surface area (Å²) in [6.07, 6.45) is 4.36. The number of aromatic nitrogens is 6. The van der Waals surface area contributed by atoms with E-state index in [2.05, 4.69) is 50.1 Å². The highest BCUT2D eigenvalue weighted by Gasteiger charge is 2.35. The maximum absolute atomic E-state index is 6.68. The molecule has 2 fully saturated rings. The Morgan fingerprint density at radius 2 is 1.94 bits per heavy atom. The Bertz CT molecular complexity index is 1080. The highest BCUT2D eigenvalue weighted by atomic mass is 35.5. The van der Waals surface area contributed by atoms with Gasteiger partial charge in [-0.05, 0) is 56.5 Å². The summed E-state index contributed by atoms with van der Waals surface area (Å²) >= 11 is 8.54. The smallest absolute Gasteiger partial charge is 0.177 e. The summed E-state index contributed by atoms with van der Waals surface area (Å²) in [6, 6.07) is 4.19. The van der Waals surface area contributed by atoms with Crippen molar-refractivity contribution in [1.82, 2.24) is 35.1 Å². The minimum absolute atomic E-state index is 0.149. The number of hydrogen-bond donors (Lipinski definition) is 1. The largest absolute Gasteiger partial charge is 0.368 e. The number of piperazine rings is 1. The van der Waals surface area contributed by atoms with Gasteiger partial charge in [-0.3, -0.25) is 0 Å². The van der Waals surface area contributed by atoms with Gasteiger partial charge in [-0.25, -0.2) is 4.98 Å². The summed E-state index contributed by atoms with van der Waals surface area (Å²) < 4.78 is 0.149. The molecule has 1 aromatic carbocycles. The van der Waals surface area contributed by atoms with E-state index in [1.807, 2.05) is 24.9 Å². The zero-order valence-electron chi connectivity index (χ0n) is 19.0. The fourth-order valence-electron chi connectivity index (χ4n) is 4.88. The Balaban J connectivity index is 1.28. The predicted octanol–water partition coefficient (Wildman–Crippen LogP) is 4.09. The lowest BCUT2D eigenvalue weighted by atomic mass is 9.82. The number of anilines is 1. The molecule has 1 saturated carbocycles. The van der Waals surface area contributed by atoms with E-state index in [-0.39, 0.29) is 4.75 Å². The molecule has 0 bridgehead atoms. The van der Waals surface area contributed by atoms with Gasteiger partial charge < -0.3 is 14.8 Å². The van der Waals surface area contributed by atoms with Gasteiger partial charge in [-0.1, -0.05) is 30.3 Å². The molecule has 0 radical (unpaired) electrons. The zero-order valence-corrected chi connectivity index (χ0v) is 20.6. The first-order valence-electron chi connectivity index (χ1n) is 11.5. The molecule has 5 rings (SSSR count). The van der Waals surface area contributed by atoms with Gasteiger partial charge in [0.15, 0.2) is 11.0 Å². The van der Waals surface area contributed by atoms with Crippen molar-refractivity contribution in [3.63, 3.8) is 0 Å².